The van der Waals surface area contributed by atoms with Gasteiger partial charge in [0.05, 0.1) is 12.1 Å². The molecular formula is C11H12ClNO5. The molecule has 1 aromatic carbocycles. The highest BCUT2D eigenvalue weighted by Gasteiger charge is 2.29. The fourth-order valence-electron chi connectivity index (χ4n) is 1.71. The molecule has 0 spiro atoms. The summed E-state index contributed by atoms with van der Waals surface area (Å²) in [5, 5.41) is 9.13. The monoisotopic (exact) mass is 273 g/mol. The van der Waals surface area contributed by atoms with E-state index in [4.69, 9.17) is 36.7 Å². The molecule has 98 valence electrons. The molecule has 0 aliphatic carbocycles. The lowest BCUT2D eigenvalue weighted by atomic mass is 10.0. The van der Waals surface area contributed by atoms with Gasteiger partial charge in [-0.05, 0) is 0 Å². The zero-order valence-electron chi connectivity index (χ0n) is 9.60. The Kier molecular flexibility index (Phi) is 3.49. The quantitative estimate of drug-likeness (QED) is 0.860. The first-order chi connectivity index (χ1) is 8.56. The van der Waals surface area contributed by atoms with E-state index < -0.39 is 12.0 Å². The number of carboxylic acid groups (broad SMARTS) is 1. The Morgan fingerprint density at radius 3 is 2.83 bits per heavy atom. The average Bonchev–Trinajstić information content (AvgIpc) is 2.37. The van der Waals surface area contributed by atoms with Gasteiger partial charge in [-0.1, -0.05) is 11.6 Å². The third-order valence-electron chi connectivity index (χ3n) is 2.57. The smallest absolute Gasteiger partial charge is 0.325 e. The molecular weight excluding hydrogens is 262 g/mol. The van der Waals surface area contributed by atoms with Crippen LogP contribution in [0.1, 0.15) is 11.6 Å². The summed E-state index contributed by atoms with van der Waals surface area (Å²) in [6, 6.07) is 0.248. The molecule has 0 saturated carbocycles. The van der Waals surface area contributed by atoms with Crippen LogP contribution in [0, 0.1) is 0 Å². The third kappa shape index (κ3) is 2.04. The van der Waals surface area contributed by atoms with Crippen LogP contribution in [0.2, 0.25) is 5.02 Å². The number of hydrogen-bond acceptors (Lipinski definition) is 5. The Bertz CT molecular complexity index is 491. The molecule has 1 unspecified atom stereocenters. The minimum absolute atomic E-state index is 0.122. The van der Waals surface area contributed by atoms with Crippen LogP contribution in [0.4, 0.5) is 0 Å². The molecule has 0 aromatic heterocycles. The molecule has 6 nitrogen and oxygen atoms in total. The highest BCUT2D eigenvalue weighted by molar-refractivity contribution is 6.33. The fourth-order valence-corrected chi connectivity index (χ4v) is 2.05. The van der Waals surface area contributed by atoms with Crippen molar-refractivity contribution in [2.45, 2.75) is 6.04 Å². The van der Waals surface area contributed by atoms with Crippen LogP contribution in [-0.2, 0) is 4.79 Å². The van der Waals surface area contributed by atoms with Gasteiger partial charge >= 0.3 is 5.97 Å². The van der Waals surface area contributed by atoms with Crippen LogP contribution in [-0.4, -0.2) is 31.4 Å². The highest BCUT2D eigenvalue weighted by Crippen LogP contribution is 2.46. The molecule has 1 aliphatic heterocycles. The summed E-state index contributed by atoms with van der Waals surface area (Å²) < 4.78 is 15.8. The second-order valence-corrected chi connectivity index (χ2v) is 4.02. The Balaban J connectivity index is 2.63. The molecule has 0 amide bonds. The summed E-state index contributed by atoms with van der Waals surface area (Å²) in [5.74, 6) is -0.259. The van der Waals surface area contributed by atoms with Gasteiger partial charge in [0.15, 0.2) is 11.5 Å². The number of ether oxygens (including phenoxy) is 3. The zero-order chi connectivity index (χ0) is 13.3. The van der Waals surface area contributed by atoms with Crippen LogP contribution in [0.3, 0.4) is 0 Å². The van der Waals surface area contributed by atoms with Gasteiger partial charge in [0, 0.05) is 11.6 Å². The van der Waals surface area contributed by atoms with Gasteiger partial charge in [-0.25, -0.2) is 0 Å². The maximum Gasteiger partial charge on any atom is 0.325 e. The summed E-state index contributed by atoms with van der Waals surface area (Å²) in [7, 11) is 1.42. The Labute approximate surface area is 108 Å². The molecule has 0 saturated heterocycles. The van der Waals surface area contributed by atoms with Crippen molar-refractivity contribution in [3.63, 3.8) is 0 Å². The number of nitrogens with two attached hydrogens (primary N) is 1. The van der Waals surface area contributed by atoms with Crippen LogP contribution >= 0.6 is 11.6 Å². The topological polar surface area (TPSA) is 91.0 Å². The second kappa shape index (κ2) is 4.91. The molecule has 1 atom stereocenters. The Morgan fingerprint density at radius 1 is 1.56 bits per heavy atom. The number of hydrogen-bond donors (Lipinski definition) is 2. The minimum atomic E-state index is -1.30. The summed E-state index contributed by atoms with van der Waals surface area (Å²) in [5.41, 5.74) is 5.78. The number of aliphatic carboxylic acids is 1. The predicted molar refractivity (Wildman–Crippen MR) is 63.6 cm³/mol. The van der Waals surface area contributed by atoms with Crippen molar-refractivity contribution in [2.24, 2.45) is 5.73 Å². The van der Waals surface area contributed by atoms with Crippen LogP contribution in [0.5, 0.6) is 17.2 Å². The standard InChI is InChI=1S/C11H12ClNO5/c1-16-5-4-6-10(18-3-2-17-6)7(8(5)12)9(13)11(14)15/h4,9H,2-3,13H2,1H3,(H,14,15). The lowest BCUT2D eigenvalue weighted by Gasteiger charge is -2.24. The third-order valence-corrected chi connectivity index (χ3v) is 2.96. The maximum atomic E-state index is 11.0. The van der Waals surface area contributed by atoms with E-state index in [2.05, 4.69) is 0 Å². The second-order valence-electron chi connectivity index (χ2n) is 3.65. The van der Waals surface area contributed by atoms with Crippen molar-refractivity contribution in [1.82, 2.24) is 0 Å². The number of carbonyl (C=O) groups is 1. The molecule has 1 aliphatic rings. The van der Waals surface area contributed by atoms with E-state index in [9.17, 15) is 4.79 Å². The predicted octanol–water partition coefficient (Wildman–Crippen LogP) is 1.20. The Hall–Kier alpha value is -1.66. The van der Waals surface area contributed by atoms with Crippen LogP contribution in [0.25, 0.3) is 0 Å². The van der Waals surface area contributed by atoms with E-state index in [-0.39, 0.29) is 16.3 Å². The van der Waals surface area contributed by atoms with E-state index in [1.165, 1.54) is 7.11 Å². The summed E-state index contributed by atoms with van der Waals surface area (Å²) in [4.78, 5) is 11.0. The highest BCUT2D eigenvalue weighted by atomic mass is 35.5. The van der Waals surface area contributed by atoms with Gasteiger partial charge < -0.3 is 25.1 Å². The molecule has 0 bridgehead atoms. The van der Waals surface area contributed by atoms with Crippen molar-refractivity contribution >= 4 is 17.6 Å². The van der Waals surface area contributed by atoms with Gasteiger partial charge in [-0.3, -0.25) is 4.79 Å². The van der Waals surface area contributed by atoms with Crippen molar-refractivity contribution in [3.05, 3.63) is 16.7 Å². The lowest BCUT2D eigenvalue weighted by molar-refractivity contribution is -0.138. The fraction of sp³-hybridized carbons (Fsp3) is 0.364. The van der Waals surface area contributed by atoms with Crippen molar-refractivity contribution in [2.75, 3.05) is 20.3 Å². The Morgan fingerprint density at radius 2 is 2.22 bits per heavy atom. The molecule has 1 aromatic rings. The number of fused-ring (bicyclic) bond motifs is 1. The lowest BCUT2D eigenvalue weighted by Crippen LogP contribution is -2.25. The van der Waals surface area contributed by atoms with Gasteiger partial charge in [-0.15, -0.1) is 0 Å². The molecule has 3 N–H and O–H groups in total. The van der Waals surface area contributed by atoms with E-state index in [0.717, 1.165) is 0 Å². The summed E-state index contributed by atoms with van der Waals surface area (Å²) >= 11 is 6.08. The SMILES string of the molecule is COc1cc2c(c(C(N)C(=O)O)c1Cl)OCCO2. The molecule has 2 rings (SSSR count). The van der Waals surface area contributed by atoms with Gasteiger partial charge in [0.1, 0.15) is 25.0 Å². The van der Waals surface area contributed by atoms with E-state index in [0.29, 0.717) is 24.7 Å². The number of rotatable bonds is 3. The number of carboxylic acids is 1. The molecule has 0 fully saturated rings. The van der Waals surface area contributed by atoms with E-state index >= 15 is 0 Å². The first-order valence-corrected chi connectivity index (χ1v) is 5.58. The maximum absolute atomic E-state index is 11.0. The first-order valence-electron chi connectivity index (χ1n) is 5.20. The molecule has 1 heterocycles. The van der Waals surface area contributed by atoms with Gasteiger partial charge in [-0.2, -0.15) is 0 Å². The first kappa shape index (κ1) is 12.8. The average molecular weight is 274 g/mol. The number of halogens is 1. The largest absolute Gasteiger partial charge is 0.495 e. The van der Waals surface area contributed by atoms with Crippen LogP contribution < -0.4 is 19.9 Å². The molecule has 7 heteroatoms. The molecule has 18 heavy (non-hydrogen) atoms. The number of methoxy groups -OCH3 is 1. The zero-order valence-corrected chi connectivity index (χ0v) is 10.4. The van der Waals surface area contributed by atoms with E-state index in [1.807, 2.05) is 0 Å². The van der Waals surface area contributed by atoms with Crippen molar-refractivity contribution < 1.29 is 24.1 Å². The number of benzene rings is 1. The summed E-state index contributed by atoms with van der Waals surface area (Å²) in [6.07, 6.45) is 0. The van der Waals surface area contributed by atoms with Gasteiger partial charge in [0.25, 0.3) is 0 Å². The van der Waals surface area contributed by atoms with Gasteiger partial charge in [0.2, 0.25) is 0 Å². The minimum Gasteiger partial charge on any atom is -0.495 e. The molecule has 0 radical (unpaired) electrons. The summed E-state index contributed by atoms with van der Waals surface area (Å²) in [6.45, 7) is 0.689. The van der Waals surface area contributed by atoms with Crippen molar-refractivity contribution in [3.8, 4) is 17.2 Å². The van der Waals surface area contributed by atoms with Crippen molar-refractivity contribution in [1.29, 1.82) is 0 Å². The van der Waals surface area contributed by atoms with E-state index in [1.54, 1.807) is 6.07 Å². The normalized spacial score (nSPS) is 15.1. The van der Waals surface area contributed by atoms with Crippen LogP contribution in [0.15, 0.2) is 6.07 Å².